The first-order chi connectivity index (χ1) is 11.2. The number of nitrogens with one attached hydrogen (secondary N) is 1. The number of H-pyrrole nitrogens is 1. The Morgan fingerprint density at radius 1 is 1.04 bits per heavy atom. The normalized spacial score (nSPS) is 16.7. The fraction of sp³-hybridized carbons (Fsp3) is 0.333. The summed E-state index contributed by atoms with van der Waals surface area (Å²) in [4.78, 5) is 30.7. The molecule has 1 aromatic carbocycles. The third kappa shape index (κ3) is 2.52. The van der Waals surface area contributed by atoms with Crippen molar-refractivity contribution in [3.8, 4) is 0 Å². The van der Waals surface area contributed by atoms with E-state index in [0.717, 1.165) is 25.2 Å². The summed E-state index contributed by atoms with van der Waals surface area (Å²) in [5.41, 5.74) is 3.74. The number of anilines is 2. The van der Waals surface area contributed by atoms with Crippen molar-refractivity contribution in [1.82, 2.24) is 4.98 Å². The van der Waals surface area contributed by atoms with Crippen molar-refractivity contribution in [2.45, 2.75) is 19.3 Å². The Kier molecular flexibility index (Phi) is 3.41. The Hall–Kier alpha value is -2.56. The number of carbonyl (C=O) groups excluding carboxylic acids is 1. The van der Waals surface area contributed by atoms with E-state index in [4.69, 9.17) is 0 Å². The summed E-state index contributed by atoms with van der Waals surface area (Å²) in [5, 5.41) is 0. The molecule has 0 spiro atoms. The molecule has 2 aliphatic heterocycles. The molecule has 5 heteroatoms. The van der Waals surface area contributed by atoms with Crippen LogP contribution in [0.2, 0.25) is 0 Å². The molecule has 118 valence electrons. The van der Waals surface area contributed by atoms with E-state index >= 15 is 0 Å². The minimum absolute atomic E-state index is 0.0569. The van der Waals surface area contributed by atoms with Crippen LogP contribution in [0, 0.1) is 0 Å². The molecule has 0 unspecified atom stereocenters. The van der Waals surface area contributed by atoms with E-state index in [1.807, 2.05) is 4.90 Å². The first-order valence-electron chi connectivity index (χ1n) is 8.11. The van der Waals surface area contributed by atoms with E-state index in [-0.39, 0.29) is 11.5 Å². The molecule has 0 aliphatic carbocycles. The number of hydrogen-bond acceptors (Lipinski definition) is 3. The van der Waals surface area contributed by atoms with Gasteiger partial charge in [0, 0.05) is 43.3 Å². The van der Waals surface area contributed by atoms with Gasteiger partial charge in [0.05, 0.1) is 5.56 Å². The zero-order valence-corrected chi connectivity index (χ0v) is 12.9. The lowest BCUT2D eigenvalue weighted by atomic mass is 10.1. The molecule has 2 aliphatic rings. The smallest absolute Gasteiger partial charge is 0.259 e. The lowest BCUT2D eigenvalue weighted by molar-refractivity contribution is 0.0989. The van der Waals surface area contributed by atoms with Gasteiger partial charge in [0.25, 0.3) is 5.91 Å². The number of aromatic amines is 1. The SMILES string of the molecule is O=C(c1ccc(=O)[nH]c1)N1CCc2ccc(N3CCCC3)cc21. The molecule has 1 amide bonds. The van der Waals surface area contributed by atoms with Gasteiger partial charge in [0.15, 0.2) is 0 Å². The third-order valence-electron chi connectivity index (χ3n) is 4.71. The average Bonchev–Trinajstić information content (AvgIpc) is 3.24. The van der Waals surface area contributed by atoms with Crippen molar-refractivity contribution in [3.05, 3.63) is 58.0 Å². The molecular formula is C18H19N3O2. The van der Waals surface area contributed by atoms with Gasteiger partial charge in [-0.15, -0.1) is 0 Å². The topological polar surface area (TPSA) is 56.4 Å². The second-order valence-corrected chi connectivity index (χ2v) is 6.16. The van der Waals surface area contributed by atoms with E-state index < -0.39 is 0 Å². The average molecular weight is 309 g/mol. The van der Waals surface area contributed by atoms with Crippen LogP contribution in [0.15, 0.2) is 41.3 Å². The molecule has 2 aromatic rings. The zero-order valence-electron chi connectivity index (χ0n) is 12.9. The van der Waals surface area contributed by atoms with Crippen LogP contribution < -0.4 is 15.4 Å². The van der Waals surface area contributed by atoms with Gasteiger partial charge in [-0.3, -0.25) is 9.59 Å². The number of carbonyl (C=O) groups is 1. The van der Waals surface area contributed by atoms with Gasteiger partial charge in [0.1, 0.15) is 0 Å². The molecule has 1 aromatic heterocycles. The van der Waals surface area contributed by atoms with Gasteiger partial charge in [-0.2, -0.15) is 0 Å². The number of benzene rings is 1. The minimum Gasteiger partial charge on any atom is -0.371 e. The fourth-order valence-electron chi connectivity index (χ4n) is 3.45. The van der Waals surface area contributed by atoms with E-state index in [2.05, 4.69) is 28.1 Å². The lowest BCUT2D eigenvalue weighted by Crippen LogP contribution is -2.29. The fourth-order valence-corrected chi connectivity index (χ4v) is 3.45. The number of fused-ring (bicyclic) bond motifs is 1. The summed E-state index contributed by atoms with van der Waals surface area (Å²) in [6.45, 7) is 2.87. The first-order valence-corrected chi connectivity index (χ1v) is 8.11. The van der Waals surface area contributed by atoms with Crippen molar-refractivity contribution in [2.75, 3.05) is 29.4 Å². The molecule has 4 rings (SSSR count). The van der Waals surface area contributed by atoms with Crippen LogP contribution in [-0.2, 0) is 6.42 Å². The monoisotopic (exact) mass is 309 g/mol. The summed E-state index contributed by atoms with van der Waals surface area (Å²) in [5.74, 6) is -0.0569. The highest BCUT2D eigenvalue weighted by molar-refractivity contribution is 6.07. The second-order valence-electron chi connectivity index (χ2n) is 6.16. The molecule has 1 N–H and O–H groups in total. The van der Waals surface area contributed by atoms with Crippen molar-refractivity contribution in [3.63, 3.8) is 0 Å². The Bertz CT molecular complexity index is 786. The highest BCUT2D eigenvalue weighted by Gasteiger charge is 2.27. The molecule has 1 saturated heterocycles. The number of aromatic nitrogens is 1. The molecule has 0 bridgehead atoms. The van der Waals surface area contributed by atoms with Gasteiger partial charge in [-0.05, 0) is 43.0 Å². The Balaban J connectivity index is 1.65. The van der Waals surface area contributed by atoms with Crippen molar-refractivity contribution in [2.24, 2.45) is 0 Å². The van der Waals surface area contributed by atoms with Crippen LogP contribution in [0.25, 0.3) is 0 Å². The number of pyridine rings is 1. The summed E-state index contributed by atoms with van der Waals surface area (Å²) in [6.07, 6.45) is 4.84. The van der Waals surface area contributed by atoms with Crippen LogP contribution in [0.1, 0.15) is 28.8 Å². The summed E-state index contributed by atoms with van der Waals surface area (Å²) < 4.78 is 0. The summed E-state index contributed by atoms with van der Waals surface area (Å²) in [7, 11) is 0. The number of rotatable bonds is 2. The molecular weight excluding hydrogens is 290 g/mol. The Morgan fingerprint density at radius 2 is 1.87 bits per heavy atom. The van der Waals surface area contributed by atoms with Crippen LogP contribution in [0.4, 0.5) is 11.4 Å². The predicted molar refractivity (Wildman–Crippen MR) is 90.3 cm³/mol. The predicted octanol–water partition coefficient (Wildman–Crippen LogP) is 2.18. The van der Waals surface area contributed by atoms with Gasteiger partial charge in [-0.1, -0.05) is 6.07 Å². The van der Waals surface area contributed by atoms with Gasteiger partial charge < -0.3 is 14.8 Å². The van der Waals surface area contributed by atoms with Crippen molar-refractivity contribution < 1.29 is 4.79 Å². The molecule has 1 fully saturated rings. The van der Waals surface area contributed by atoms with Crippen molar-refractivity contribution >= 4 is 17.3 Å². The van der Waals surface area contributed by atoms with E-state index in [0.29, 0.717) is 12.1 Å². The number of amides is 1. The number of nitrogens with zero attached hydrogens (tertiary/aromatic N) is 2. The Labute approximate surface area is 134 Å². The maximum atomic E-state index is 12.7. The van der Waals surface area contributed by atoms with E-state index in [1.165, 1.54) is 36.4 Å². The minimum atomic E-state index is -0.195. The van der Waals surface area contributed by atoms with Gasteiger partial charge >= 0.3 is 0 Å². The van der Waals surface area contributed by atoms with E-state index in [9.17, 15) is 9.59 Å². The maximum absolute atomic E-state index is 12.7. The standard InChI is InChI=1S/C18H19N3O2/c22-17-6-4-14(12-19-17)18(23)21-10-7-13-3-5-15(11-16(13)21)20-8-1-2-9-20/h3-6,11-12H,1-2,7-10H2,(H,19,22). The molecule has 23 heavy (non-hydrogen) atoms. The molecule has 0 radical (unpaired) electrons. The van der Waals surface area contributed by atoms with Crippen LogP contribution in [0.3, 0.4) is 0 Å². The molecule has 0 atom stereocenters. The number of hydrogen-bond donors (Lipinski definition) is 1. The molecule has 0 saturated carbocycles. The Morgan fingerprint density at radius 3 is 2.61 bits per heavy atom. The third-order valence-corrected chi connectivity index (χ3v) is 4.71. The van der Waals surface area contributed by atoms with E-state index in [1.54, 1.807) is 6.07 Å². The quantitative estimate of drug-likeness (QED) is 0.925. The van der Waals surface area contributed by atoms with Crippen molar-refractivity contribution in [1.29, 1.82) is 0 Å². The second kappa shape index (κ2) is 5.57. The van der Waals surface area contributed by atoms with Gasteiger partial charge in [0.2, 0.25) is 5.56 Å². The summed E-state index contributed by atoms with van der Waals surface area (Å²) in [6, 6.07) is 9.42. The van der Waals surface area contributed by atoms with Gasteiger partial charge in [-0.25, -0.2) is 0 Å². The van der Waals surface area contributed by atoms with Crippen LogP contribution >= 0.6 is 0 Å². The lowest BCUT2D eigenvalue weighted by Gasteiger charge is -2.22. The molecule has 3 heterocycles. The highest BCUT2D eigenvalue weighted by Crippen LogP contribution is 2.34. The molecule has 5 nitrogen and oxygen atoms in total. The highest BCUT2D eigenvalue weighted by atomic mass is 16.2. The maximum Gasteiger partial charge on any atom is 0.259 e. The zero-order chi connectivity index (χ0) is 15.8. The first kappa shape index (κ1) is 14.1. The van der Waals surface area contributed by atoms with Crippen LogP contribution in [-0.4, -0.2) is 30.5 Å². The largest absolute Gasteiger partial charge is 0.371 e. The summed E-state index contributed by atoms with van der Waals surface area (Å²) >= 11 is 0. The van der Waals surface area contributed by atoms with Crippen LogP contribution in [0.5, 0.6) is 0 Å².